The first-order valence-corrected chi connectivity index (χ1v) is 18.4. The molecule has 0 atom stereocenters. The minimum Gasteiger partial charge on any atom is -0.358 e. The van der Waals surface area contributed by atoms with E-state index in [1.165, 1.54) is 16.6 Å². The summed E-state index contributed by atoms with van der Waals surface area (Å²) in [6, 6.07) is 59.4. The normalized spacial score (nSPS) is 11.5. The number of nitrogens with zero attached hydrogens (tertiary/aromatic N) is 5. The van der Waals surface area contributed by atoms with Crippen LogP contribution >= 0.6 is 0 Å². The molecule has 268 valence electrons. The van der Waals surface area contributed by atoms with Gasteiger partial charge in [-0.05, 0) is 84.3 Å². The molecule has 3 aromatic heterocycles. The molecule has 6 aromatic carbocycles. The van der Waals surface area contributed by atoms with Gasteiger partial charge in [-0.25, -0.2) is 14.1 Å². The van der Waals surface area contributed by atoms with Crippen molar-refractivity contribution in [3.8, 4) is 22.6 Å². The molecule has 0 aliphatic rings. The molecule has 0 saturated carbocycles. The molecule has 0 saturated heterocycles. The molecule has 0 N–H and O–H groups in total. The van der Waals surface area contributed by atoms with E-state index in [0.717, 1.165) is 61.5 Å². The molecule has 0 unspecified atom stereocenters. The largest absolute Gasteiger partial charge is 0.358 e. The summed E-state index contributed by atoms with van der Waals surface area (Å²) in [5.74, 6) is 1.26. The zero-order chi connectivity index (χ0) is 36.1. The smallest absolute Gasteiger partial charge is 0.188 e. The molecule has 0 bridgehead atoms. The maximum absolute atomic E-state index is 4.98. The molecule has 5 nitrogen and oxygen atoms in total. The zero-order valence-corrected chi connectivity index (χ0v) is 33.0. The van der Waals surface area contributed by atoms with Gasteiger partial charge in [0.25, 0.3) is 0 Å². The number of hydrogen-bond acceptors (Lipinski definition) is 2. The Hall–Kier alpha value is -5.77. The van der Waals surface area contributed by atoms with E-state index in [-0.39, 0.29) is 21.1 Å². The molecule has 6 heteroatoms. The van der Waals surface area contributed by atoms with Crippen LogP contribution in [0.1, 0.15) is 45.2 Å². The van der Waals surface area contributed by atoms with E-state index < -0.39 is 0 Å². The molecule has 0 aliphatic carbocycles. The van der Waals surface area contributed by atoms with Crippen molar-refractivity contribution in [2.24, 2.45) is 0 Å². The van der Waals surface area contributed by atoms with Crippen molar-refractivity contribution >= 4 is 49.9 Å². The molecule has 0 amide bonds. The predicted octanol–water partition coefficient (Wildman–Crippen LogP) is 12.6. The fourth-order valence-corrected chi connectivity index (χ4v) is 7.66. The second kappa shape index (κ2) is 14.6. The maximum Gasteiger partial charge on any atom is 0.188 e. The summed E-state index contributed by atoms with van der Waals surface area (Å²) in [7, 11) is 0. The van der Waals surface area contributed by atoms with Crippen LogP contribution in [0, 0.1) is 12.1 Å². The van der Waals surface area contributed by atoms with Gasteiger partial charge in [-0.1, -0.05) is 97.5 Å². The standard InChI is InChI=1S/C48H40N5.Pt/c1-33(2)40-19-8-9-20-41(40)35-27-28-49-48(29-35)53-44-22-11-10-21-42(44)43-26-25-39(31-47(43)53)52(36-15-6-5-7-16-36)38-18-14-17-37(30-38)51-32-50(34(3)4)45-23-12-13-24-46(45)51;/h5-29,32-34H,1-4H3;/q-1;. The summed E-state index contributed by atoms with van der Waals surface area (Å²) in [6.07, 6.45) is 4.12. The van der Waals surface area contributed by atoms with Gasteiger partial charge in [0.2, 0.25) is 0 Å². The second-order valence-corrected chi connectivity index (χ2v) is 14.2. The Kier molecular flexibility index (Phi) is 9.52. The van der Waals surface area contributed by atoms with E-state index >= 15 is 0 Å². The topological polar surface area (TPSA) is 30.9 Å². The van der Waals surface area contributed by atoms with Crippen molar-refractivity contribution in [3.63, 3.8) is 0 Å². The summed E-state index contributed by atoms with van der Waals surface area (Å²) in [5.41, 5.74) is 11.9. The average Bonchev–Trinajstić information content (AvgIpc) is 3.75. The number of benzene rings is 6. The van der Waals surface area contributed by atoms with E-state index in [9.17, 15) is 0 Å². The number of para-hydroxylation sites is 4. The molecule has 3 heterocycles. The Morgan fingerprint density at radius 3 is 2.13 bits per heavy atom. The van der Waals surface area contributed by atoms with E-state index in [1.54, 1.807) is 0 Å². The number of pyridine rings is 1. The average molecular weight is 882 g/mol. The van der Waals surface area contributed by atoms with E-state index in [2.05, 4.69) is 210 Å². The molecule has 0 spiro atoms. The molecular formula is C48H40N5Pt-. The Bertz CT molecular complexity index is 2760. The fraction of sp³-hybridized carbons (Fsp3) is 0.125. The first kappa shape index (κ1) is 35.3. The number of imidazole rings is 1. The Morgan fingerprint density at radius 2 is 1.33 bits per heavy atom. The summed E-state index contributed by atoms with van der Waals surface area (Å²) in [6.45, 7) is 8.93. The van der Waals surface area contributed by atoms with Gasteiger partial charge in [0.05, 0.1) is 6.04 Å². The monoisotopic (exact) mass is 881 g/mol. The molecule has 54 heavy (non-hydrogen) atoms. The van der Waals surface area contributed by atoms with Gasteiger partial charge in [0, 0.05) is 56.3 Å². The van der Waals surface area contributed by atoms with Gasteiger partial charge in [0.1, 0.15) is 5.82 Å². The van der Waals surface area contributed by atoms with Gasteiger partial charge >= 0.3 is 0 Å². The number of hydrogen-bond donors (Lipinski definition) is 0. The maximum atomic E-state index is 4.98. The first-order valence-electron chi connectivity index (χ1n) is 18.4. The van der Waals surface area contributed by atoms with Crippen molar-refractivity contribution in [1.82, 2.24) is 18.7 Å². The number of fused-ring (bicyclic) bond motifs is 4. The van der Waals surface area contributed by atoms with Crippen LogP contribution in [0.15, 0.2) is 158 Å². The van der Waals surface area contributed by atoms with Crippen LogP contribution in [-0.2, 0) is 21.1 Å². The quantitative estimate of drug-likeness (QED) is 0.142. The van der Waals surface area contributed by atoms with E-state index in [0.29, 0.717) is 12.0 Å². The van der Waals surface area contributed by atoms with Crippen molar-refractivity contribution in [2.45, 2.75) is 39.7 Å². The molecule has 0 radical (unpaired) electrons. The van der Waals surface area contributed by atoms with Crippen LogP contribution in [0.25, 0.3) is 55.5 Å². The van der Waals surface area contributed by atoms with Gasteiger partial charge in [-0.2, -0.15) is 12.1 Å². The Morgan fingerprint density at radius 1 is 0.630 bits per heavy atom. The fourth-order valence-electron chi connectivity index (χ4n) is 7.66. The summed E-state index contributed by atoms with van der Waals surface area (Å²) < 4.78 is 6.81. The Balaban J connectivity index is 0.00000413. The Labute approximate surface area is 331 Å². The number of rotatable bonds is 8. The second-order valence-electron chi connectivity index (χ2n) is 14.2. The molecule has 9 aromatic rings. The third-order valence-electron chi connectivity index (χ3n) is 10.2. The van der Waals surface area contributed by atoms with Crippen molar-refractivity contribution < 1.29 is 21.1 Å². The van der Waals surface area contributed by atoms with Crippen LogP contribution in [0.2, 0.25) is 0 Å². The van der Waals surface area contributed by atoms with Crippen LogP contribution in [-0.4, -0.2) is 18.7 Å². The van der Waals surface area contributed by atoms with E-state index in [1.807, 2.05) is 6.20 Å². The molecule has 9 rings (SSSR count). The summed E-state index contributed by atoms with van der Waals surface area (Å²) in [4.78, 5) is 7.22. The minimum absolute atomic E-state index is 0. The first-order chi connectivity index (χ1) is 26.0. The van der Waals surface area contributed by atoms with Crippen molar-refractivity contribution in [1.29, 1.82) is 0 Å². The minimum atomic E-state index is 0. The molecular weight excluding hydrogens is 842 g/mol. The van der Waals surface area contributed by atoms with Crippen molar-refractivity contribution in [2.75, 3.05) is 4.90 Å². The van der Waals surface area contributed by atoms with Gasteiger partial charge in [-0.15, -0.1) is 29.7 Å². The van der Waals surface area contributed by atoms with Crippen LogP contribution in [0.3, 0.4) is 0 Å². The third kappa shape index (κ3) is 6.13. The number of aromatic nitrogens is 4. The molecule has 0 aliphatic heterocycles. The summed E-state index contributed by atoms with van der Waals surface area (Å²) >= 11 is 0. The van der Waals surface area contributed by atoms with E-state index in [4.69, 9.17) is 4.98 Å². The van der Waals surface area contributed by atoms with Gasteiger partial charge < -0.3 is 9.47 Å². The molecule has 0 fully saturated rings. The summed E-state index contributed by atoms with van der Waals surface area (Å²) in [5, 5.41) is 2.29. The zero-order valence-electron chi connectivity index (χ0n) is 30.7. The van der Waals surface area contributed by atoms with Crippen molar-refractivity contribution in [3.05, 3.63) is 176 Å². The van der Waals surface area contributed by atoms with Gasteiger partial charge in [-0.3, -0.25) is 0 Å². The van der Waals surface area contributed by atoms with Crippen LogP contribution < -0.4 is 4.90 Å². The predicted molar refractivity (Wildman–Crippen MR) is 220 cm³/mol. The SMILES string of the molecule is CC(C)c1ccccc1-c1ccnc(-n2c3[c-]c(N(c4[c-]c(-n5[cH+]n(C(C)C)c6ccccc65)ccc4)c4ccccc4)ccc3c3ccccc32)c1.[Pt]. The van der Waals surface area contributed by atoms with Gasteiger partial charge in [0.15, 0.2) is 17.4 Å². The van der Waals surface area contributed by atoms with Crippen LogP contribution in [0.5, 0.6) is 0 Å². The number of anilines is 3. The third-order valence-corrected chi connectivity index (χ3v) is 10.2. The van der Waals surface area contributed by atoms with Crippen LogP contribution in [0.4, 0.5) is 17.1 Å².